The molecule has 2 unspecified atom stereocenters. The van der Waals surface area contributed by atoms with E-state index in [1.807, 2.05) is 45.0 Å². The number of amides is 1. The van der Waals surface area contributed by atoms with E-state index in [0.29, 0.717) is 19.6 Å². The summed E-state index contributed by atoms with van der Waals surface area (Å²) in [6.45, 7) is 7.57. The molecule has 1 aliphatic heterocycles. The van der Waals surface area contributed by atoms with Crippen LogP contribution in [-0.4, -0.2) is 43.8 Å². The first-order chi connectivity index (χ1) is 11.9. The van der Waals surface area contributed by atoms with Gasteiger partial charge in [0.05, 0.1) is 31.8 Å². The molecule has 6 heteroatoms. The minimum absolute atomic E-state index is 0.00929. The Morgan fingerprint density at radius 3 is 2.64 bits per heavy atom. The zero-order chi connectivity index (χ0) is 18.2. The number of morpholine rings is 1. The van der Waals surface area contributed by atoms with E-state index in [2.05, 4.69) is 10.6 Å². The summed E-state index contributed by atoms with van der Waals surface area (Å²) in [6.07, 6.45) is 0.258. The number of benzene rings is 1. The first kappa shape index (κ1) is 19.4. The fourth-order valence-electron chi connectivity index (χ4n) is 2.76. The fourth-order valence-corrected chi connectivity index (χ4v) is 2.76. The van der Waals surface area contributed by atoms with Gasteiger partial charge in [-0.3, -0.25) is 9.59 Å². The summed E-state index contributed by atoms with van der Waals surface area (Å²) in [5, 5.41) is 6.23. The van der Waals surface area contributed by atoms with Crippen molar-refractivity contribution in [1.82, 2.24) is 10.6 Å². The van der Waals surface area contributed by atoms with Crippen LogP contribution < -0.4 is 10.6 Å². The number of rotatable bonds is 7. The molecule has 1 fully saturated rings. The molecule has 1 saturated heterocycles. The maximum Gasteiger partial charge on any atom is 0.308 e. The molecule has 6 nitrogen and oxygen atoms in total. The van der Waals surface area contributed by atoms with Crippen LogP contribution in [0, 0.1) is 6.92 Å². The highest BCUT2D eigenvalue weighted by molar-refractivity contribution is 5.78. The molecule has 2 N–H and O–H groups in total. The zero-order valence-corrected chi connectivity index (χ0v) is 15.2. The molecule has 0 radical (unpaired) electrons. The van der Waals surface area contributed by atoms with Crippen molar-refractivity contribution in [3.05, 3.63) is 35.4 Å². The molecular formula is C19H28N2O4. The summed E-state index contributed by atoms with van der Waals surface area (Å²) in [5.41, 5.74) is 2.02. The van der Waals surface area contributed by atoms with Gasteiger partial charge in [-0.1, -0.05) is 29.8 Å². The highest BCUT2D eigenvalue weighted by Crippen LogP contribution is 2.19. The van der Waals surface area contributed by atoms with Gasteiger partial charge in [0.25, 0.3) is 0 Å². The number of nitrogens with one attached hydrogen (secondary N) is 2. The first-order valence-electron chi connectivity index (χ1n) is 8.80. The number of esters is 1. The quantitative estimate of drug-likeness (QED) is 0.736. The minimum atomic E-state index is -0.399. The van der Waals surface area contributed by atoms with Gasteiger partial charge in [-0.2, -0.15) is 0 Å². The van der Waals surface area contributed by atoms with Gasteiger partial charge in [0.15, 0.2) is 0 Å². The van der Waals surface area contributed by atoms with E-state index in [9.17, 15) is 9.59 Å². The predicted molar refractivity (Wildman–Crippen MR) is 95.1 cm³/mol. The Hall–Kier alpha value is -1.92. The van der Waals surface area contributed by atoms with Gasteiger partial charge in [0, 0.05) is 19.0 Å². The smallest absolute Gasteiger partial charge is 0.308 e. The Morgan fingerprint density at radius 2 is 2.04 bits per heavy atom. The highest BCUT2D eigenvalue weighted by atomic mass is 16.5. The third kappa shape index (κ3) is 6.84. The number of ether oxygens (including phenoxy) is 2. The van der Waals surface area contributed by atoms with Gasteiger partial charge >= 0.3 is 5.97 Å². The van der Waals surface area contributed by atoms with Crippen molar-refractivity contribution in [2.75, 3.05) is 19.8 Å². The maximum atomic E-state index is 12.4. The van der Waals surface area contributed by atoms with Gasteiger partial charge in [0.1, 0.15) is 0 Å². The third-order valence-corrected chi connectivity index (χ3v) is 3.98. The van der Waals surface area contributed by atoms with Gasteiger partial charge in [-0.05, 0) is 26.3 Å². The van der Waals surface area contributed by atoms with Gasteiger partial charge in [-0.15, -0.1) is 0 Å². The van der Waals surface area contributed by atoms with Crippen LogP contribution in [0.2, 0.25) is 0 Å². The van der Waals surface area contributed by atoms with Crippen LogP contribution in [0.1, 0.15) is 43.9 Å². The van der Waals surface area contributed by atoms with E-state index >= 15 is 0 Å². The second-order valence-electron chi connectivity index (χ2n) is 6.70. The van der Waals surface area contributed by atoms with Crippen molar-refractivity contribution in [2.45, 2.75) is 51.8 Å². The van der Waals surface area contributed by atoms with Crippen LogP contribution in [-0.2, 0) is 19.1 Å². The molecule has 1 amide bonds. The highest BCUT2D eigenvalue weighted by Gasteiger charge is 2.23. The summed E-state index contributed by atoms with van der Waals surface area (Å²) in [5.74, 6) is -0.425. The van der Waals surface area contributed by atoms with Crippen LogP contribution in [0.25, 0.3) is 0 Å². The van der Waals surface area contributed by atoms with E-state index < -0.39 is 6.04 Å². The number of aryl methyl sites for hydroxylation is 1. The van der Waals surface area contributed by atoms with Crippen molar-refractivity contribution in [2.24, 2.45) is 0 Å². The van der Waals surface area contributed by atoms with Gasteiger partial charge in [-0.25, -0.2) is 0 Å². The van der Waals surface area contributed by atoms with Crippen molar-refractivity contribution in [3.63, 3.8) is 0 Å². The topological polar surface area (TPSA) is 76.7 Å². The Bertz CT molecular complexity index is 565. The van der Waals surface area contributed by atoms with E-state index in [1.54, 1.807) is 0 Å². The van der Waals surface area contributed by atoms with Crippen LogP contribution in [0.15, 0.2) is 24.3 Å². The van der Waals surface area contributed by atoms with Crippen molar-refractivity contribution < 1.29 is 19.1 Å². The molecule has 0 spiro atoms. The Labute approximate surface area is 149 Å². The lowest BCUT2D eigenvalue weighted by molar-refractivity contribution is -0.148. The van der Waals surface area contributed by atoms with Crippen LogP contribution in [0.5, 0.6) is 0 Å². The monoisotopic (exact) mass is 348 g/mol. The van der Waals surface area contributed by atoms with Crippen LogP contribution in [0.4, 0.5) is 0 Å². The van der Waals surface area contributed by atoms with Gasteiger partial charge < -0.3 is 20.1 Å². The van der Waals surface area contributed by atoms with Crippen molar-refractivity contribution in [1.29, 1.82) is 0 Å². The maximum absolute atomic E-state index is 12.4. The lowest BCUT2D eigenvalue weighted by atomic mass is 10.0. The zero-order valence-electron chi connectivity index (χ0n) is 15.2. The predicted octanol–water partition coefficient (Wildman–Crippen LogP) is 1.87. The first-order valence-corrected chi connectivity index (χ1v) is 8.80. The van der Waals surface area contributed by atoms with Crippen LogP contribution in [0.3, 0.4) is 0 Å². The SMILES string of the molecule is Cc1ccc(C(CC(=O)OC(C)C)NC(=O)CC2COCCN2)cc1. The second-order valence-corrected chi connectivity index (χ2v) is 6.70. The molecule has 0 bridgehead atoms. The average Bonchev–Trinajstić information content (AvgIpc) is 2.55. The fraction of sp³-hybridized carbons (Fsp3) is 0.579. The Balaban J connectivity index is 2.00. The molecule has 138 valence electrons. The summed E-state index contributed by atoms with van der Waals surface area (Å²) >= 11 is 0. The van der Waals surface area contributed by atoms with Crippen LogP contribution >= 0.6 is 0 Å². The molecule has 1 aromatic carbocycles. The molecule has 0 saturated carbocycles. The number of carbonyl (C=O) groups is 2. The second kappa shape index (κ2) is 9.53. The summed E-state index contributed by atoms with van der Waals surface area (Å²) < 4.78 is 10.6. The minimum Gasteiger partial charge on any atom is -0.463 e. The summed E-state index contributed by atoms with van der Waals surface area (Å²) in [6, 6.07) is 7.42. The molecule has 0 aliphatic carbocycles. The Kier molecular flexibility index (Phi) is 7.40. The summed E-state index contributed by atoms with van der Waals surface area (Å²) in [7, 11) is 0. The van der Waals surface area contributed by atoms with E-state index in [0.717, 1.165) is 17.7 Å². The van der Waals surface area contributed by atoms with E-state index in [1.165, 1.54) is 0 Å². The lowest BCUT2D eigenvalue weighted by Gasteiger charge is -2.25. The lowest BCUT2D eigenvalue weighted by Crippen LogP contribution is -2.44. The van der Waals surface area contributed by atoms with E-state index in [4.69, 9.17) is 9.47 Å². The number of hydrogen-bond donors (Lipinski definition) is 2. The molecule has 1 aromatic rings. The molecular weight excluding hydrogens is 320 g/mol. The molecule has 25 heavy (non-hydrogen) atoms. The standard InChI is InChI=1S/C19H28N2O4/c1-13(2)25-19(23)11-17(15-6-4-14(3)5-7-15)21-18(22)10-16-12-24-9-8-20-16/h4-7,13,16-17,20H,8-12H2,1-3H3,(H,21,22). The normalized spacial score (nSPS) is 18.6. The van der Waals surface area contributed by atoms with Gasteiger partial charge in [0.2, 0.25) is 5.91 Å². The molecule has 0 aromatic heterocycles. The largest absolute Gasteiger partial charge is 0.463 e. The van der Waals surface area contributed by atoms with Crippen molar-refractivity contribution in [3.8, 4) is 0 Å². The number of hydrogen-bond acceptors (Lipinski definition) is 5. The third-order valence-electron chi connectivity index (χ3n) is 3.98. The summed E-state index contributed by atoms with van der Waals surface area (Å²) in [4.78, 5) is 24.5. The molecule has 2 rings (SSSR count). The van der Waals surface area contributed by atoms with Crippen molar-refractivity contribution >= 4 is 11.9 Å². The number of carbonyl (C=O) groups excluding carboxylic acids is 2. The Morgan fingerprint density at radius 1 is 1.32 bits per heavy atom. The molecule has 1 heterocycles. The average molecular weight is 348 g/mol. The van der Waals surface area contributed by atoms with E-state index in [-0.39, 0.29) is 30.4 Å². The molecule has 1 aliphatic rings. The molecule has 2 atom stereocenters.